The van der Waals surface area contributed by atoms with Gasteiger partial charge in [-0.1, -0.05) is 6.07 Å². The third-order valence-corrected chi connectivity index (χ3v) is 3.47. The number of rotatable bonds is 4. The second-order valence-corrected chi connectivity index (χ2v) is 4.62. The first-order chi connectivity index (χ1) is 8.72. The van der Waals surface area contributed by atoms with Gasteiger partial charge in [0.25, 0.3) is 0 Å². The maximum Gasteiger partial charge on any atom is 0.161 e. The lowest BCUT2D eigenvalue weighted by Gasteiger charge is -2.33. The van der Waals surface area contributed by atoms with E-state index in [1.165, 1.54) is 5.56 Å². The summed E-state index contributed by atoms with van der Waals surface area (Å²) in [5, 5.41) is 13.1. The van der Waals surface area contributed by atoms with Crippen LogP contribution >= 0.6 is 0 Å². The molecule has 100 valence electrons. The molecule has 1 aromatic rings. The Bertz CT molecular complexity index is 389. The van der Waals surface area contributed by atoms with Crippen molar-refractivity contribution in [3.05, 3.63) is 23.8 Å². The number of benzene rings is 1. The van der Waals surface area contributed by atoms with Crippen molar-refractivity contribution in [3.8, 4) is 11.5 Å². The topological polar surface area (TPSA) is 44.7 Å². The minimum atomic E-state index is 0.216. The van der Waals surface area contributed by atoms with Crippen LogP contribution in [0.2, 0.25) is 0 Å². The quantitative estimate of drug-likeness (QED) is 0.854. The van der Waals surface area contributed by atoms with Crippen molar-refractivity contribution in [1.82, 2.24) is 10.2 Å². The van der Waals surface area contributed by atoms with Crippen LogP contribution in [0.4, 0.5) is 0 Å². The molecule has 0 unspecified atom stereocenters. The van der Waals surface area contributed by atoms with Crippen molar-refractivity contribution < 1.29 is 9.84 Å². The summed E-state index contributed by atoms with van der Waals surface area (Å²) >= 11 is 0. The minimum absolute atomic E-state index is 0.216. The molecule has 4 heteroatoms. The van der Waals surface area contributed by atoms with Gasteiger partial charge in [0.15, 0.2) is 11.5 Å². The van der Waals surface area contributed by atoms with Gasteiger partial charge in [-0.3, -0.25) is 4.90 Å². The lowest BCUT2D eigenvalue weighted by molar-refractivity contribution is 0.185. The number of nitrogens with zero attached hydrogens (tertiary/aromatic N) is 1. The summed E-state index contributed by atoms with van der Waals surface area (Å²) in [4.78, 5) is 2.44. The zero-order valence-electron chi connectivity index (χ0n) is 11.1. The average Bonchev–Trinajstić information content (AvgIpc) is 2.42. The molecule has 1 heterocycles. The molecule has 1 aliphatic rings. The molecule has 1 fully saturated rings. The van der Waals surface area contributed by atoms with Crippen LogP contribution in [-0.4, -0.2) is 42.8 Å². The van der Waals surface area contributed by atoms with Crippen LogP contribution in [0.3, 0.4) is 0 Å². The zero-order chi connectivity index (χ0) is 13.0. The van der Waals surface area contributed by atoms with E-state index in [1.54, 1.807) is 6.07 Å². The first-order valence-corrected chi connectivity index (χ1v) is 6.63. The number of piperazine rings is 1. The lowest BCUT2D eigenvalue weighted by Crippen LogP contribution is -2.44. The molecule has 0 saturated carbocycles. The molecule has 1 aromatic carbocycles. The van der Waals surface area contributed by atoms with E-state index in [9.17, 15) is 5.11 Å². The molecule has 0 aliphatic carbocycles. The predicted molar refractivity (Wildman–Crippen MR) is 72.1 cm³/mol. The van der Waals surface area contributed by atoms with Gasteiger partial charge in [0.05, 0.1) is 6.61 Å². The highest BCUT2D eigenvalue weighted by Gasteiger charge is 2.18. The van der Waals surface area contributed by atoms with Gasteiger partial charge in [-0.05, 0) is 31.5 Å². The second kappa shape index (κ2) is 6.07. The summed E-state index contributed by atoms with van der Waals surface area (Å²) in [6, 6.07) is 6.00. The minimum Gasteiger partial charge on any atom is -0.504 e. The fourth-order valence-electron chi connectivity index (χ4n) is 2.34. The highest BCUT2D eigenvalue weighted by molar-refractivity contribution is 5.42. The zero-order valence-corrected chi connectivity index (χ0v) is 11.1. The van der Waals surface area contributed by atoms with E-state index in [0.717, 1.165) is 26.2 Å². The number of ether oxygens (including phenoxy) is 1. The van der Waals surface area contributed by atoms with Crippen LogP contribution in [0, 0.1) is 0 Å². The van der Waals surface area contributed by atoms with E-state index in [2.05, 4.69) is 17.1 Å². The Labute approximate surface area is 109 Å². The Balaban J connectivity index is 2.13. The Morgan fingerprint density at radius 2 is 2.11 bits per heavy atom. The van der Waals surface area contributed by atoms with Gasteiger partial charge < -0.3 is 15.2 Å². The molecule has 0 aromatic heterocycles. The lowest BCUT2D eigenvalue weighted by atomic mass is 10.1. The van der Waals surface area contributed by atoms with Gasteiger partial charge >= 0.3 is 0 Å². The highest BCUT2D eigenvalue weighted by atomic mass is 16.5. The molecule has 0 spiro atoms. The van der Waals surface area contributed by atoms with Crippen LogP contribution in [-0.2, 0) is 0 Å². The molecular formula is C14H22N2O2. The van der Waals surface area contributed by atoms with Crippen molar-refractivity contribution >= 4 is 0 Å². The number of nitrogens with one attached hydrogen (secondary N) is 1. The second-order valence-electron chi connectivity index (χ2n) is 4.62. The molecule has 18 heavy (non-hydrogen) atoms. The molecule has 2 N–H and O–H groups in total. The summed E-state index contributed by atoms with van der Waals surface area (Å²) in [5.74, 6) is 0.796. The molecule has 0 radical (unpaired) electrons. The van der Waals surface area contributed by atoms with Crippen molar-refractivity contribution in [1.29, 1.82) is 0 Å². The van der Waals surface area contributed by atoms with E-state index < -0.39 is 0 Å². The maximum absolute atomic E-state index is 9.71. The molecule has 1 atom stereocenters. The predicted octanol–water partition coefficient (Wildman–Crippen LogP) is 1.76. The van der Waals surface area contributed by atoms with Gasteiger partial charge in [-0.2, -0.15) is 0 Å². The van der Waals surface area contributed by atoms with E-state index in [-0.39, 0.29) is 5.75 Å². The van der Waals surface area contributed by atoms with Crippen LogP contribution < -0.4 is 10.1 Å². The molecule has 0 amide bonds. The monoisotopic (exact) mass is 250 g/mol. The number of hydrogen-bond acceptors (Lipinski definition) is 4. The highest BCUT2D eigenvalue weighted by Crippen LogP contribution is 2.31. The smallest absolute Gasteiger partial charge is 0.161 e. The number of hydrogen-bond donors (Lipinski definition) is 2. The summed E-state index contributed by atoms with van der Waals surface area (Å²) in [6.45, 7) is 8.90. The summed E-state index contributed by atoms with van der Waals surface area (Å²) in [5.41, 5.74) is 1.19. The fraction of sp³-hybridized carbons (Fsp3) is 0.571. The Hall–Kier alpha value is -1.26. The van der Waals surface area contributed by atoms with Crippen molar-refractivity contribution in [3.63, 3.8) is 0 Å². The van der Waals surface area contributed by atoms with Crippen molar-refractivity contribution in [2.45, 2.75) is 19.9 Å². The third kappa shape index (κ3) is 2.94. The number of phenolic OH excluding ortho intramolecular Hbond substituents is 1. The fourth-order valence-corrected chi connectivity index (χ4v) is 2.34. The summed E-state index contributed by atoms with van der Waals surface area (Å²) in [6.07, 6.45) is 0. The normalized spacial score (nSPS) is 18.6. The molecular weight excluding hydrogens is 228 g/mol. The molecule has 4 nitrogen and oxygen atoms in total. The number of phenols is 1. The van der Waals surface area contributed by atoms with Crippen molar-refractivity contribution in [2.75, 3.05) is 32.8 Å². The molecule has 0 bridgehead atoms. The van der Waals surface area contributed by atoms with Crippen LogP contribution in [0.25, 0.3) is 0 Å². The van der Waals surface area contributed by atoms with Crippen molar-refractivity contribution in [2.24, 2.45) is 0 Å². The summed E-state index contributed by atoms with van der Waals surface area (Å²) < 4.78 is 5.43. The van der Waals surface area contributed by atoms with Gasteiger partial charge in [0, 0.05) is 32.2 Å². The molecule has 1 aliphatic heterocycles. The SMILES string of the molecule is CCOc1cc([C@@H](C)N2CCNCC2)ccc1O. The van der Waals surface area contributed by atoms with Gasteiger partial charge in [-0.15, -0.1) is 0 Å². The molecule has 2 rings (SSSR count). The van der Waals surface area contributed by atoms with Crippen LogP contribution in [0.1, 0.15) is 25.5 Å². The Morgan fingerprint density at radius 3 is 2.78 bits per heavy atom. The largest absolute Gasteiger partial charge is 0.504 e. The van der Waals surface area contributed by atoms with Gasteiger partial charge in [0.2, 0.25) is 0 Å². The Morgan fingerprint density at radius 1 is 1.39 bits per heavy atom. The van der Waals surface area contributed by atoms with Crippen LogP contribution in [0.5, 0.6) is 11.5 Å². The first-order valence-electron chi connectivity index (χ1n) is 6.63. The maximum atomic E-state index is 9.71. The van der Waals surface area contributed by atoms with Gasteiger partial charge in [-0.25, -0.2) is 0 Å². The van der Waals surface area contributed by atoms with E-state index >= 15 is 0 Å². The van der Waals surface area contributed by atoms with E-state index in [0.29, 0.717) is 18.4 Å². The van der Waals surface area contributed by atoms with E-state index in [4.69, 9.17) is 4.74 Å². The third-order valence-electron chi connectivity index (χ3n) is 3.47. The standard InChI is InChI=1S/C14H22N2O2/c1-3-18-14-10-12(4-5-13(14)17)11(2)16-8-6-15-7-9-16/h4-5,10-11,15,17H,3,6-9H2,1-2H3/t11-/m1/s1. The Kier molecular flexibility index (Phi) is 4.44. The average molecular weight is 250 g/mol. The molecule has 1 saturated heterocycles. The summed E-state index contributed by atoms with van der Waals surface area (Å²) in [7, 11) is 0. The van der Waals surface area contributed by atoms with Crippen LogP contribution in [0.15, 0.2) is 18.2 Å². The first kappa shape index (κ1) is 13.2. The number of aromatic hydroxyl groups is 1. The van der Waals surface area contributed by atoms with E-state index in [1.807, 2.05) is 19.1 Å². The van der Waals surface area contributed by atoms with Gasteiger partial charge in [0.1, 0.15) is 0 Å².